The van der Waals surface area contributed by atoms with Crippen molar-refractivity contribution in [2.45, 2.75) is 26.1 Å². The van der Waals surface area contributed by atoms with Crippen LogP contribution in [0.2, 0.25) is 0 Å². The summed E-state index contributed by atoms with van der Waals surface area (Å²) >= 11 is 0. The first-order valence-electron chi connectivity index (χ1n) is 6.66. The number of benzene rings is 1. The molecular weight excluding hydrogens is 208 g/mol. The van der Waals surface area contributed by atoms with Crippen molar-refractivity contribution in [3.05, 3.63) is 54.3 Å². The van der Waals surface area contributed by atoms with Crippen molar-refractivity contribution in [3.63, 3.8) is 0 Å². The first kappa shape index (κ1) is 9.34. The average Bonchev–Trinajstić information content (AvgIpc) is 2.64. The van der Waals surface area contributed by atoms with E-state index in [1.54, 1.807) is 0 Å². The zero-order valence-corrected chi connectivity index (χ0v) is 10.2. The second-order valence-corrected chi connectivity index (χ2v) is 4.67. The van der Waals surface area contributed by atoms with Gasteiger partial charge in [0.15, 0.2) is 0 Å². The maximum atomic E-state index is 8.31. The molecule has 0 radical (unpaired) electrons. The lowest BCUT2D eigenvalue weighted by Crippen LogP contribution is -2.38. The predicted molar refractivity (Wildman–Crippen MR) is 71.9 cm³/mol. The fourth-order valence-electron chi connectivity index (χ4n) is 2.65. The molecule has 1 aromatic rings. The molecule has 1 fully saturated rings. The molecule has 3 rings (SSSR count). The summed E-state index contributed by atoms with van der Waals surface area (Å²) in [5.41, 5.74) is 2.50. The molecule has 2 aliphatic rings. The molecule has 0 aromatic heterocycles. The normalized spacial score (nSPS) is 31.6. The van der Waals surface area contributed by atoms with Crippen LogP contribution < -0.4 is 4.90 Å². The standard InChI is InChI=1S/C15H18N2/c1-12-7-3-4-8-14(12)17-13(2)11-16-10-6-5-9-15(16)17/h3-10,13,15H,11H2,1-2H3/t13-,15?/m0/s1/i11D/t11?,13-,15?. The monoisotopic (exact) mass is 227 g/mol. The van der Waals surface area contributed by atoms with Crippen LogP contribution in [0.25, 0.3) is 0 Å². The minimum atomic E-state index is -0.212. The van der Waals surface area contributed by atoms with Crippen LogP contribution in [0.4, 0.5) is 5.69 Å². The van der Waals surface area contributed by atoms with Crippen molar-refractivity contribution in [2.75, 3.05) is 11.4 Å². The molecule has 2 unspecified atom stereocenters. The second kappa shape index (κ2) is 3.95. The van der Waals surface area contributed by atoms with Crippen LogP contribution in [0.15, 0.2) is 48.7 Å². The molecular formula is C15H18N2. The molecule has 0 bridgehead atoms. The highest BCUT2D eigenvalue weighted by Crippen LogP contribution is 2.32. The van der Waals surface area contributed by atoms with E-state index in [0.717, 1.165) is 0 Å². The summed E-state index contributed by atoms with van der Waals surface area (Å²) in [5, 5.41) is 0. The van der Waals surface area contributed by atoms with Gasteiger partial charge in [0.1, 0.15) is 6.17 Å². The average molecular weight is 227 g/mol. The van der Waals surface area contributed by atoms with E-state index in [1.807, 2.05) is 12.3 Å². The van der Waals surface area contributed by atoms with Gasteiger partial charge in [-0.05, 0) is 37.6 Å². The van der Waals surface area contributed by atoms with Gasteiger partial charge in [0, 0.05) is 24.4 Å². The summed E-state index contributed by atoms with van der Waals surface area (Å²) in [4.78, 5) is 4.45. The Morgan fingerprint density at radius 1 is 1.29 bits per heavy atom. The summed E-state index contributed by atoms with van der Waals surface area (Å²) in [6.45, 7) is 4.05. The van der Waals surface area contributed by atoms with E-state index in [4.69, 9.17) is 1.37 Å². The quantitative estimate of drug-likeness (QED) is 0.728. The fraction of sp³-hybridized carbons (Fsp3) is 0.333. The van der Waals surface area contributed by atoms with E-state index in [-0.39, 0.29) is 18.7 Å². The minimum absolute atomic E-state index is 0.175. The van der Waals surface area contributed by atoms with Crippen molar-refractivity contribution < 1.29 is 1.37 Å². The zero-order chi connectivity index (χ0) is 12.7. The number of fused-ring (bicyclic) bond motifs is 1. The molecule has 1 saturated heterocycles. The Balaban J connectivity index is 2.04. The number of rotatable bonds is 1. The Morgan fingerprint density at radius 3 is 2.94 bits per heavy atom. The molecule has 88 valence electrons. The third kappa shape index (κ3) is 1.64. The Bertz CT molecular complexity index is 509. The molecule has 2 heterocycles. The van der Waals surface area contributed by atoms with E-state index in [1.165, 1.54) is 11.3 Å². The summed E-state index contributed by atoms with van der Waals surface area (Å²) < 4.78 is 8.31. The van der Waals surface area contributed by atoms with Gasteiger partial charge in [0.05, 0.1) is 1.37 Å². The Morgan fingerprint density at radius 2 is 2.12 bits per heavy atom. The van der Waals surface area contributed by atoms with Crippen LogP contribution >= 0.6 is 0 Å². The SMILES string of the molecule is [2H]C1[C@H](C)N(c2ccccc2C)C2C=CC=CN12. The molecule has 2 heteroatoms. The highest BCUT2D eigenvalue weighted by molar-refractivity contribution is 5.56. The summed E-state index contributed by atoms with van der Waals surface area (Å²) in [6, 6.07) is 8.59. The number of anilines is 1. The van der Waals surface area contributed by atoms with Gasteiger partial charge >= 0.3 is 0 Å². The van der Waals surface area contributed by atoms with Gasteiger partial charge < -0.3 is 9.80 Å². The highest BCUT2D eigenvalue weighted by Gasteiger charge is 2.35. The molecule has 0 amide bonds. The van der Waals surface area contributed by atoms with E-state index < -0.39 is 0 Å². The fourth-order valence-corrected chi connectivity index (χ4v) is 2.65. The van der Waals surface area contributed by atoms with Crippen LogP contribution in [-0.2, 0) is 0 Å². The third-order valence-corrected chi connectivity index (χ3v) is 3.46. The summed E-state index contributed by atoms with van der Waals surface area (Å²) in [7, 11) is 0. The second-order valence-electron chi connectivity index (χ2n) is 4.67. The molecule has 0 aliphatic carbocycles. The molecule has 0 N–H and O–H groups in total. The van der Waals surface area contributed by atoms with Crippen LogP contribution in [0, 0.1) is 6.92 Å². The zero-order valence-electron chi connectivity index (χ0n) is 11.2. The predicted octanol–water partition coefficient (Wildman–Crippen LogP) is 2.92. The number of hydrogen-bond donors (Lipinski definition) is 0. The smallest absolute Gasteiger partial charge is 0.121 e. The molecule has 2 aliphatic heterocycles. The summed E-state index contributed by atoms with van der Waals surface area (Å²) in [5.74, 6) is 0. The largest absolute Gasteiger partial charge is 0.352 e. The molecule has 17 heavy (non-hydrogen) atoms. The highest BCUT2D eigenvalue weighted by atomic mass is 15.4. The lowest BCUT2D eigenvalue weighted by Gasteiger charge is -2.32. The number of hydrogen-bond acceptors (Lipinski definition) is 2. The molecule has 1 aromatic carbocycles. The van der Waals surface area contributed by atoms with E-state index >= 15 is 0 Å². The van der Waals surface area contributed by atoms with Gasteiger partial charge in [0.2, 0.25) is 0 Å². The van der Waals surface area contributed by atoms with E-state index in [0.29, 0.717) is 0 Å². The Kier molecular flexibility index (Phi) is 2.17. The first-order chi connectivity index (χ1) is 8.70. The molecule has 0 spiro atoms. The van der Waals surface area contributed by atoms with Gasteiger partial charge in [0.25, 0.3) is 0 Å². The van der Waals surface area contributed by atoms with Crippen LogP contribution in [-0.4, -0.2) is 23.6 Å². The van der Waals surface area contributed by atoms with Crippen LogP contribution in [0.1, 0.15) is 13.9 Å². The van der Waals surface area contributed by atoms with Gasteiger partial charge in [-0.15, -0.1) is 0 Å². The number of para-hydroxylation sites is 1. The maximum absolute atomic E-state index is 8.31. The van der Waals surface area contributed by atoms with Gasteiger partial charge in [-0.1, -0.05) is 24.3 Å². The first-order valence-corrected chi connectivity index (χ1v) is 6.09. The van der Waals surface area contributed by atoms with Gasteiger partial charge in [-0.2, -0.15) is 0 Å². The van der Waals surface area contributed by atoms with E-state index in [9.17, 15) is 0 Å². The minimum Gasteiger partial charge on any atom is -0.352 e. The third-order valence-electron chi connectivity index (χ3n) is 3.46. The molecule has 2 nitrogen and oxygen atoms in total. The summed E-state index contributed by atoms with van der Waals surface area (Å²) in [6.07, 6.45) is 8.44. The van der Waals surface area contributed by atoms with Gasteiger partial charge in [-0.3, -0.25) is 0 Å². The Hall–Kier alpha value is -1.70. The van der Waals surface area contributed by atoms with Crippen molar-refractivity contribution >= 4 is 5.69 Å². The Labute approximate surface area is 104 Å². The van der Waals surface area contributed by atoms with Gasteiger partial charge in [-0.25, -0.2) is 0 Å². The number of aryl methyl sites for hydroxylation is 1. The van der Waals surface area contributed by atoms with Crippen molar-refractivity contribution in [1.29, 1.82) is 0 Å². The van der Waals surface area contributed by atoms with Crippen molar-refractivity contribution in [3.8, 4) is 0 Å². The van der Waals surface area contributed by atoms with Crippen LogP contribution in [0.5, 0.6) is 0 Å². The lowest BCUT2D eigenvalue weighted by molar-refractivity contribution is 0.395. The van der Waals surface area contributed by atoms with Crippen molar-refractivity contribution in [1.82, 2.24) is 4.90 Å². The molecule has 0 saturated carbocycles. The maximum Gasteiger partial charge on any atom is 0.121 e. The number of allylic oxidation sites excluding steroid dienone is 2. The number of nitrogens with zero attached hydrogens (tertiary/aromatic N) is 2. The lowest BCUT2D eigenvalue weighted by atomic mass is 10.1. The molecule has 3 atom stereocenters. The topological polar surface area (TPSA) is 6.48 Å². The van der Waals surface area contributed by atoms with Crippen molar-refractivity contribution in [2.24, 2.45) is 0 Å². The van der Waals surface area contributed by atoms with E-state index in [2.05, 4.69) is 60.1 Å². The van der Waals surface area contributed by atoms with Crippen LogP contribution in [0.3, 0.4) is 0 Å².